The molecule has 2 aliphatic rings. The normalized spacial score (nSPS) is 21.1. The number of aromatic nitrogens is 1. The molecule has 7 heteroatoms. The Morgan fingerprint density at radius 2 is 2.12 bits per heavy atom. The molecule has 0 unspecified atom stereocenters. The Bertz CT molecular complexity index is 542. The van der Waals surface area contributed by atoms with E-state index >= 15 is 0 Å². The van der Waals surface area contributed by atoms with Gasteiger partial charge in [-0.15, -0.1) is 24.0 Å². The number of rotatable bonds is 5. The molecule has 6 nitrogen and oxygen atoms in total. The molecule has 140 valence electrons. The van der Waals surface area contributed by atoms with E-state index in [0.717, 1.165) is 63.9 Å². The van der Waals surface area contributed by atoms with Gasteiger partial charge >= 0.3 is 0 Å². The summed E-state index contributed by atoms with van der Waals surface area (Å²) in [7, 11) is 1.84. The molecule has 0 radical (unpaired) electrons. The summed E-state index contributed by atoms with van der Waals surface area (Å²) in [6, 6.07) is 6.61. The van der Waals surface area contributed by atoms with Crippen molar-refractivity contribution in [2.75, 3.05) is 39.9 Å². The molecule has 3 heterocycles. The van der Waals surface area contributed by atoms with Gasteiger partial charge in [0.25, 0.3) is 0 Å². The second kappa shape index (κ2) is 9.68. The van der Waals surface area contributed by atoms with E-state index in [2.05, 4.69) is 44.6 Å². The highest BCUT2D eigenvalue weighted by Crippen LogP contribution is 2.25. The number of ether oxygens (including phenoxy) is 1. The van der Waals surface area contributed by atoms with Crippen molar-refractivity contribution in [2.45, 2.75) is 32.4 Å². The lowest BCUT2D eigenvalue weighted by atomic mass is 9.89. The zero-order chi connectivity index (χ0) is 16.8. The second-order valence-electron chi connectivity index (χ2n) is 7.25. The van der Waals surface area contributed by atoms with Crippen molar-refractivity contribution in [3.05, 3.63) is 30.1 Å². The molecule has 0 aromatic carbocycles. The van der Waals surface area contributed by atoms with Crippen molar-refractivity contribution in [3.8, 4) is 0 Å². The number of piperidine rings is 1. The van der Waals surface area contributed by atoms with E-state index in [-0.39, 0.29) is 29.4 Å². The first kappa shape index (κ1) is 20.4. The maximum Gasteiger partial charge on any atom is 0.191 e. The fourth-order valence-corrected chi connectivity index (χ4v) is 3.19. The van der Waals surface area contributed by atoms with E-state index in [4.69, 9.17) is 4.74 Å². The molecule has 0 atom stereocenters. The third-order valence-electron chi connectivity index (χ3n) is 4.85. The van der Waals surface area contributed by atoms with Crippen LogP contribution < -0.4 is 10.6 Å². The van der Waals surface area contributed by atoms with Crippen LogP contribution in [0.15, 0.2) is 29.4 Å². The van der Waals surface area contributed by atoms with Crippen molar-refractivity contribution in [1.82, 2.24) is 20.5 Å². The van der Waals surface area contributed by atoms with Crippen LogP contribution in [0.2, 0.25) is 0 Å². The van der Waals surface area contributed by atoms with Crippen LogP contribution >= 0.6 is 24.0 Å². The van der Waals surface area contributed by atoms with Gasteiger partial charge in [-0.25, -0.2) is 0 Å². The Labute approximate surface area is 167 Å². The van der Waals surface area contributed by atoms with Crippen LogP contribution in [0, 0.1) is 5.41 Å². The molecule has 3 rings (SSSR count). The Balaban J connectivity index is 0.00000225. The first-order valence-electron chi connectivity index (χ1n) is 8.84. The fraction of sp³-hybridized carbons (Fsp3) is 0.667. The maximum atomic E-state index is 5.30. The monoisotopic (exact) mass is 459 g/mol. The number of nitrogens with one attached hydrogen (secondary N) is 2. The summed E-state index contributed by atoms with van der Waals surface area (Å²) in [6.45, 7) is 7.95. The summed E-state index contributed by atoms with van der Waals surface area (Å²) >= 11 is 0. The first-order chi connectivity index (χ1) is 11.7. The number of hydrogen-bond acceptors (Lipinski definition) is 4. The van der Waals surface area contributed by atoms with Crippen LogP contribution in [0.3, 0.4) is 0 Å². The number of nitrogens with zero attached hydrogens (tertiary/aromatic N) is 3. The van der Waals surface area contributed by atoms with Gasteiger partial charge in [0, 0.05) is 50.9 Å². The van der Waals surface area contributed by atoms with Gasteiger partial charge in [0.2, 0.25) is 0 Å². The molecule has 25 heavy (non-hydrogen) atoms. The predicted octanol–water partition coefficient (Wildman–Crippen LogP) is 1.87. The Kier molecular flexibility index (Phi) is 7.89. The molecule has 2 N–H and O–H groups in total. The van der Waals surface area contributed by atoms with Crippen LogP contribution in [-0.4, -0.2) is 61.8 Å². The van der Waals surface area contributed by atoms with Crippen molar-refractivity contribution in [2.24, 2.45) is 10.4 Å². The molecular formula is C18H30IN5O. The minimum absolute atomic E-state index is 0. The van der Waals surface area contributed by atoms with Gasteiger partial charge < -0.3 is 15.4 Å². The molecule has 2 saturated heterocycles. The SMILES string of the molecule is CN=C(NCC1(C)COC1)NC1CCN(Cc2ccccn2)CC1.I. The topological polar surface area (TPSA) is 61.8 Å². The average molecular weight is 459 g/mol. The van der Waals surface area contributed by atoms with E-state index in [0.29, 0.717) is 6.04 Å². The Hall–Kier alpha value is -0.930. The maximum absolute atomic E-state index is 5.30. The summed E-state index contributed by atoms with van der Waals surface area (Å²) < 4.78 is 5.30. The van der Waals surface area contributed by atoms with E-state index in [1.165, 1.54) is 0 Å². The summed E-state index contributed by atoms with van der Waals surface area (Å²) in [5.74, 6) is 0.909. The van der Waals surface area contributed by atoms with Crippen LogP contribution in [0.1, 0.15) is 25.5 Å². The molecular weight excluding hydrogens is 429 g/mol. The van der Waals surface area contributed by atoms with Gasteiger partial charge in [-0.05, 0) is 25.0 Å². The number of aliphatic imine (C=N–C) groups is 1. The Morgan fingerprint density at radius 3 is 2.68 bits per heavy atom. The predicted molar refractivity (Wildman–Crippen MR) is 111 cm³/mol. The molecule has 0 bridgehead atoms. The van der Waals surface area contributed by atoms with Crippen LogP contribution in [-0.2, 0) is 11.3 Å². The largest absolute Gasteiger partial charge is 0.380 e. The van der Waals surface area contributed by atoms with Gasteiger partial charge in [-0.2, -0.15) is 0 Å². The fourth-order valence-electron chi connectivity index (χ4n) is 3.19. The number of guanidine groups is 1. The van der Waals surface area contributed by atoms with Crippen molar-refractivity contribution < 1.29 is 4.74 Å². The first-order valence-corrected chi connectivity index (χ1v) is 8.84. The third-order valence-corrected chi connectivity index (χ3v) is 4.85. The zero-order valence-corrected chi connectivity index (χ0v) is 17.5. The van der Waals surface area contributed by atoms with Gasteiger partial charge in [-0.1, -0.05) is 13.0 Å². The van der Waals surface area contributed by atoms with Crippen molar-refractivity contribution in [1.29, 1.82) is 0 Å². The van der Waals surface area contributed by atoms with Crippen molar-refractivity contribution >= 4 is 29.9 Å². The van der Waals surface area contributed by atoms with E-state index in [1.807, 2.05) is 19.3 Å². The molecule has 0 amide bonds. The highest BCUT2D eigenvalue weighted by Gasteiger charge is 2.33. The van der Waals surface area contributed by atoms with Gasteiger partial charge in [0.05, 0.1) is 18.9 Å². The molecule has 0 spiro atoms. The van der Waals surface area contributed by atoms with Gasteiger partial charge in [0.15, 0.2) is 5.96 Å². The van der Waals surface area contributed by atoms with Gasteiger partial charge in [0.1, 0.15) is 0 Å². The van der Waals surface area contributed by atoms with Crippen LogP contribution in [0.25, 0.3) is 0 Å². The van der Waals surface area contributed by atoms with Crippen LogP contribution in [0.5, 0.6) is 0 Å². The quantitative estimate of drug-likeness (QED) is 0.400. The molecule has 1 aromatic heterocycles. The van der Waals surface area contributed by atoms with E-state index in [9.17, 15) is 0 Å². The smallest absolute Gasteiger partial charge is 0.191 e. The lowest BCUT2D eigenvalue weighted by Gasteiger charge is -2.39. The molecule has 2 aliphatic heterocycles. The number of pyridine rings is 1. The number of likely N-dealkylation sites (tertiary alicyclic amines) is 1. The van der Waals surface area contributed by atoms with Crippen LogP contribution in [0.4, 0.5) is 0 Å². The number of halogens is 1. The molecule has 0 saturated carbocycles. The highest BCUT2D eigenvalue weighted by molar-refractivity contribution is 14.0. The minimum atomic E-state index is 0. The van der Waals surface area contributed by atoms with Gasteiger partial charge in [-0.3, -0.25) is 14.9 Å². The third kappa shape index (κ3) is 6.07. The van der Waals surface area contributed by atoms with E-state index in [1.54, 1.807) is 0 Å². The molecule has 2 fully saturated rings. The minimum Gasteiger partial charge on any atom is -0.380 e. The summed E-state index contributed by atoms with van der Waals surface area (Å²) in [5, 5.41) is 7.01. The lowest BCUT2D eigenvalue weighted by molar-refractivity contribution is -0.0971. The Morgan fingerprint density at radius 1 is 1.36 bits per heavy atom. The summed E-state index contributed by atoms with van der Waals surface area (Å²) in [4.78, 5) is 11.3. The van der Waals surface area contributed by atoms with Crippen molar-refractivity contribution in [3.63, 3.8) is 0 Å². The standard InChI is InChI=1S/C18H29N5O.HI/c1-18(13-24-14-18)12-21-17(19-2)22-15-6-9-23(10-7-15)11-16-5-3-4-8-20-16;/h3-5,8,15H,6-7,9-14H2,1-2H3,(H2,19,21,22);1H. The van der Waals surface area contributed by atoms with E-state index < -0.39 is 0 Å². The average Bonchev–Trinajstić information content (AvgIpc) is 2.59. The highest BCUT2D eigenvalue weighted by atomic mass is 127. The zero-order valence-electron chi connectivity index (χ0n) is 15.2. The summed E-state index contributed by atoms with van der Waals surface area (Å²) in [6.07, 6.45) is 4.13. The summed E-state index contributed by atoms with van der Waals surface area (Å²) in [5.41, 5.74) is 1.40. The lowest BCUT2D eigenvalue weighted by Crippen LogP contribution is -2.53. The second-order valence-corrected chi connectivity index (χ2v) is 7.25. The number of hydrogen-bond donors (Lipinski definition) is 2. The molecule has 0 aliphatic carbocycles. The molecule has 1 aromatic rings.